The normalized spacial score (nSPS) is 28.9. The molecule has 1 fully saturated rings. The Hall–Kier alpha value is -3.38. The number of phenols is 4. The first-order valence-corrected chi connectivity index (χ1v) is 10.0. The quantitative estimate of drug-likeness (QED) is 0.319. The van der Waals surface area contributed by atoms with Crippen LogP contribution in [0.25, 0.3) is 6.08 Å². The van der Waals surface area contributed by atoms with Crippen molar-refractivity contribution in [1.82, 2.24) is 0 Å². The van der Waals surface area contributed by atoms with E-state index in [1.54, 1.807) is 0 Å². The Morgan fingerprint density at radius 1 is 0.879 bits per heavy atom. The van der Waals surface area contributed by atoms with E-state index in [0.717, 1.165) is 12.1 Å². The molecule has 0 aliphatic carbocycles. The van der Waals surface area contributed by atoms with E-state index < -0.39 is 54.1 Å². The SMILES string of the molecule is COc1cc(O)cc2c1C=C(O[C@@H]1O[C@@H](C)[C@H](O)[C@@H](O)[C@@H]1O)C(c1cc(O)c(O)c(O)c1)O2. The van der Waals surface area contributed by atoms with Crippen molar-refractivity contribution in [1.29, 1.82) is 0 Å². The largest absolute Gasteiger partial charge is 0.508 e. The van der Waals surface area contributed by atoms with E-state index >= 15 is 0 Å². The van der Waals surface area contributed by atoms with Crippen LogP contribution in [0.3, 0.4) is 0 Å². The molecule has 2 aromatic carbocycles. The van der Waals surface area contributed by atoms with Crippen LogP contribution >= 0.6 is 0 Å². The first-order valence-electron chi connectivity index (χ1n) is 10.0. The van der Waals surface area contributed by atoms with Gasteiger partial charge in [0.2, 0.25) is 6.29 Å². The molecule has 6 atom stereocenters. The van der Waals surface area contributed by atoms with Crippen LogP contribution in [0.5, 0.6) is 34.5 Å². The fourth-order valence-corrected chi connectivity index (χ4v) is 3.75. The molecule has 1 saturated heterocycles. The lowest BCUT2D eigenvalue weighted by atomic mass is 9.98. The lowest BCUT2D eigenvalue weighted by molar-refractivity contribution is -0.285. The first kappa shape index (κ1) is 22.8. The van der Waals surface area contributed by atoms with Crippen LogP contribution in [0.15, 0.2) is 30.0 Å². The van der Waals surface area contributed by atoms with E-state index in [2.05, 4.69) is 0 Å². The fraction of sp³-hybridized carbons (Fsp3) is 0.364. The zero-order valence-electron chi connectivity index (χ0n) is 17.6. The Morgan fingerprint density at radius 2 is 1.55 bits per heavy atom. The van der Waals surface area contributed by atoms with Crippen LogP contribution in [-0.4, -0.2) is 73.6 Å². The molecule has 11 heteroatoms. The molecular weight excluding hydrogens is 440 g/mol. The van der Waals surface area contributed by atoms with Gasteiger partial charge in [-0.1, -0.05) is 0 Å². The number of hydrogen-bond donors (Lipinski definition) is 7. The summed E-state index contributed by atoms with van der Waals surface area (Å²) >= 11 is 0. The molecule has 33 heavy (non-hydrogen) atoms. The van der Waals surface area contributed by atoms with Crippen molar-refractivity contribution in [2.24, 2.45) is 0 Å². The number of phenolic OH excluding ortho intramolecular Hbond substituents is 4. The number of ether oxygens (including phenoxy) is 4. The molecular formula is C22H24O11. The Morgan fingerprint density at radius 3 is 2.18 bits per heavy atom. The summed E-state index contributed by atoms with van der Waals surface area (Å²) in [6.45, 7) is 1.50. The van der Waals surface area contributed by atoms with Crippen molar-refractivity contribution < 1.29 is 54.7 Å². The van der Waals surface area contributed by atoms with Crippen molar-refractivity contribution in [2.45, 2.75) is 43.7 Å². The summed E-state index contributed by atoms with van der Waals surface area (Å²) in [5, 5.41) is 70.1. The van der Waals surface area contributed by atoms with Crippen molar-refractivity contribution in [3.8, 4) is 34.5 Å². The van der Waals surface area contributed by atoms with E-state index in [1.807, 2.05) is 0 Å². The Kier molecular flexibility index (Phi) is 5.89. The molecule has 2 heterocycles. The molecule has 0 radical (unpaired) electrons. The monoisotopic (exact) mass is 464 g/mol. The van der Waals surface area contributed by atoms with Crippen LogP contribution in [0, 0.1) is 0 Å². The second-order valence-electron chi connectivity index (χ2n) is 7.81. The molecule has 7 N–H and O–H groups in total. The predicted molar refractivity (Wildman–Crippen MR) is 111 cm³/mol. The number of fused-ring (bicyclic) bond motifs is 1. The van der Waals surface area contributed by atoms with Gasteiger partial charge in [0, 0.05) is 17.7 Å². The average Bonchev–Trinajstić information content (AvgIpc) is 2.78. The minimum atomic E-state index is -1.61. The highest BCUT2D eigenvalue weighted by Gasteiger charge is 2.44. The maximum Gasteiger partial charge on any atom is 0.228 e. The number of aliphatic hydroxyl groups is 3. The van der Waals surface area contributed by atoms with Crippen LogP contribution in [0.4, 0.5) is 0 Å². The van der Waals surface area contributed by atoms with Crippen molar-refractivity contribution >= 4 is 6.08 Å². The molecule has 11 nitrogen and oxygen atoms in total. The number of rotatable bonds is 4. The molecule has 2 aromatic rings. The van der Waals surface area contributed by atoms with Crippen molar-refractivity contribution in [3.63, 3.8) is 0 Å². The van der Waals surface area contributed by atoms with Crippen molar-refractivity contribution in [3.05, 3.63) is 41.2 Å². The van der Waals surface area contributed by atoms with Gasteiger partial charge < -0.3 is 54.7 Å². The minimum Gasteiger partial charge on any atom is -0.508 e. The first-order chi connectivity index (χ1) is 15.6. The highest BCUT2D eigenvalue weighted by atomic mass is 16.7. The van der Waals surface area contributed by atoms with Crippen LogP contribution in [-0.2, 0) is 9.47 Å². The third-order valence-electron chi connectivity index (χ3n) is 5.55. The van der Waals surface area contributed by atoms with Crippen LogP contribution in [0.1, 0.15) is 24.2 Å². The summed E-state index contributed by atoms with van der Waals surface area (Å²) in [4.78, 5) is 0. The van der Waals surface area contributed by atoms with E-state index in [4.69, 9.17) is 18.9 Å². The zero-order valence-corrected chi connectivity index (χ0v) is 17.6. The Labute approximate surface area is 187 Å². The van der Waals surface area contributed by atoms with Gasteiger partial charge in [0.05, 0.1) is 18.8 Å². The Bertz CT molecular complexity index is 1060. The molecule has 0 aromatic heterocycles. The highest BCUT2D eigenvalue weighted by Crippen LogP contribution is 2.47. The zero-order chi connectivity index (χ0) is 24.0. The average molecular weight is 464 g/mol. The number of hydrogen-bond acceptors (Lipinski definition) is 11. The number of aliphatic hydroxyl groups excluding tert-OH is 3. The molecule has 178 valence electrons. The van der Waals surface area contributed by atoms with E-state index in [1.165, 1.54) is 32.2 Å². The van der Waals surface area contributed by atoms with E-state index in [-0.39, 0.29) is 28.6 Å². The van der Waals surface area contributed by atoms with Crippen molar-refractivity contribution in [2.75, 3.05) is 7.11 Å². The third kappa shape index (κ3) is 4.07. The molecule has 2 aliphatic rings. The van der Waals surface area contributed by atoms with Crippen LogP contribution < -0.4 is 9.47 Å². The van der Waals surface area contributed by atoms with E-state index in [9.17, 15) is 35.7 Å². The lowest BCUT2D eigenvalue weighted by Crippen LogP contribution is -2.57. The highest BCUT2D eigenvalue weighted by molar-refractivity contribution is 5.70. The van der Waals surface area contributed by atoms with Gasteiger partial charge >= 0.3 is 0 Å². The molecule has 1 unspecified atom stereocenters. The van der Waals surface area contributed by atoms with E-state index in [0.29, 0.717) is 5.56 Å². The topological polar surface area (TPSA) is 179 Å². The molecule has 0 saturated carbocycles. The summed E-state index contributed by atoms with van der Waals surface area (Å²) in [5.74, 6) is -1.65. The molecule has 4 rings (SSSR count). The Balaban J connectivity index is 1.79. The molecule has 0 spiro atoms. The smallest absolute Gasteiger partial charge is 0.228 e. The maximum absolute atomic E-state index is 10.4. The van der Waals surface area contributed by atoms with Gasteiger partial charge in [0.1, 0.15) is 41.3 Å². The molecule has 0 bridgehead atoms. The third-order valence-corrected chi connectivity index (χ3v) is 5.55. The number of methoxy groups -OCH3 is 1. The van der Waals surface area contributed by atoms with Gasteiger partial charge in [-0.2, -0.15) is 0 Å². The molecule has 2 aliphatic heterocycles. The van der Waals surface area contributed by atoms with Gasteiger partial charge in [0.15, 0.2) is 23.4 Å². The second-order valence-corrected chi connectivity index (χ2v) is 7.81. The summed E-state index contributed by atoms with van der Waals surface area (Å²) in [6.07, 6.45) is -6.40. The van der Waals surface area contributed by atoms with Gasteiger partial charge in [0.25, 0.3) is 0 Å². The molecule has 0 amide bonds. The predicted octanol–water partition coefficient (Wildman–Crippen LogP) is 0.836. The van der Waals surface area contributed by atoms with Gasteiger partial charge in [-0.25, -0.2) is 0 Å². The van der Waals surface area contributed by atoms with Crippen LogP contribution in [0.2, 0.25) is 0 Å². The number of aromatic hydroxyl groups is 4. The summed E-state index contributed by atoms with van der Waals surface area (Å²) in [6, 6.07) is 4.96. The van der Waals surface area contributed by atoms with Gasteiger partial charge in [-0.3, -0.25) is 0 Å². The minimum absolute atomic E-state index is 0.0239. The van der Waals surface area contributed by atoms with Gasteiger partial charge in [-0.15, -0.1) is 0 Å². The fourth-order valence-electron chi connectivity index (χ4n) is 3.75. The lowest BCUT2D eigenvalue weighted by Gasteiger charge is -2.40. The summed E-state index contributed by atoms with van der Waals surface area (Å²) in [5.41, 5.74) is 0.536. The summed E-state index contributed by atoms with van der Waals surface area (Å²) in [7, 11) is 1.39. The number of benzene rings is 2. The second kappa shape index (κ2) is 8.52. The maximum atomic E-state index is 10.4. The van der Waals surface area contributed by atoms with Gasteiger partial charge in [-0.05, 0) is 25.1 Å². The standard InChI is InChI=1S/C22H24O11/c1-8-17(26)19(28)20(29)22(31-8)33-16-7-11-14(30-2)5-10(23)6-15(11)32-21(16)9-3-12(24)18(27)13(25)4-9/h3-8,17,19-29H,1-2H3/t8-,17-,19+,20-,21?,22-/m0/s1. The summed E-state index contributed by atoms with van der Waals surface area (Å²) < 4.78 is 22.6.